The van der Waals surface area contributed by atoms with Crippen molar-refractivity contribution in [2.45, 2.75) is 65.6 Å². The van der Waals surface area contributed by atoms with E-state index in [1.807, 2.05) is 25.7 Å². The van der Waals surface area contributed by atoms with Crippen LogP contribution in [0.4, 0.5) is 4.79 Å². The van der Waals surface area contributed by atoms with E-state index in [4.69, 9.17) is 4.74 Å². The molecule has 21 heavy (non-hydrogen) atoms. The first-order chi connectivity index (χ1) is 9.56. The van der Waals surface area contributed by atoms with Crippen molar-refractivity contribution < 1.29 is 9.53 Å². The van der Waals surface area contributed by atoms with E-state index in [9.17, 15) is 4.79 Å². The van der Waals surface area contributed by atoms with Crippen molar-refractivity contribution in [1.82, 2.24) is 9.80 Å². The number of nitrogens with zero attached hydrogens (tertiary/aromatic N) is 2. The molecule has 0 aromatic heterocycles. The van der Waals surface area contributed by atoms with Gasteiger partial charge in [0.05, 0.1) is 6.04 Å². The average molecular weight is 296 g/mol. The van der Waals surface area contributed by atoms with E-state index in [-0.39, 0.29) is 18.2 Å². The second-order valence-corrected chi connectivity index (χ2v) is 7.41. The molecule has 122 valence electrons. The van der Waals surface area contributed by atoms with Gasteiger partial charge in [-0.2, -0.15) is 0 Å². The second-order valence-electron chi connectivity index (χ2n) is 7.41. The Morgan fingerprint density at radius 3 is 2.38 bits per heavy atom. The Hall–Kier alpha value is -1.03. The normalized spacial score (nSPS) is 23.5. The molecule has 0 spiro atoms. The van der Waals surface area contributed by atoms with Gasteiger partial charge >= 0.3 is 6.09 Å². The van der Waals surface area contributed by atoms with E-state index in [1.165, 1.54) is 5.57 Å². The fourth-order valence-electron chi connectivity index (χ4n) is 2.76. The smallest absolute Gasteiger partial charge is 0.410 e. The lowest BCUT2D eigenvalue weighted by molar-refractivity contribution is 0.0122. The lowest BCUT2D eigenvalue weighted by Gasteiger charge is -2.42. The molecule has 0 saturated heterocycles. The van der Waals surface area contributed by atoms with Gasteiger partial charge in [-0.3, -0.25) is 4.90 Å². The molecule has 0 aromatic carbocycles. The largest absolute Gasteiger partial charge is 0.444 e. The minimum Gasteiger partial charge on any atom is -0.444 e. The third kappa shape index (κ3) is 4.73. The summed E-state index contributed by atoms with van der Waals surface area (Å²) in [4.78, 5) is 16.6. The predicted octanol–water partition coefficient (Wildman–Crippen LogP) is 3.53. The van der Waals surface area contributed by atoms with Gasteiger partial charge in [-0.25, -0.2) is 4.79 Å². The zero-order valence-corrected chi connectivity index (χ0v) is 14.9. The van der Waals surface area contributed by atoms with Crippen LogP contribution in [0.2, 0.25) is 0 Å². The minimum absolute atomic E-state index is 0.149. The minimum atomic E-state index is -0.456. The van der Waals surface area contributed by atoms with E-state index >= 15 is 0 Å². The quantitative estimate of drug-likeness (QED) is 0.747. The van der Waals surface area contributed by atoms with E-state index in [0.717, 1.165) is 6.42 Å². The fraction of sp³-hybridized carbons (Fsp3) is 0.824. The lowest BCUT2D eigenvalue weighted by atomic mass is 9.87. The Labute approximate surface area is 130 Å². The van der Waals surface area contributed by atoms with Crippen molar-refractivity contribution in [3.05, 3.63) is 11.6 Å². The molecule has 2 atom stereocenters. The highest BCUT2D eigenvalue weighted by Gasteiger charge is 2.35. The molecule has 1 rings (SSSR count). The lowest BCUT2D eigenvalue weighted by Crippen LogP contribution is -2.53. The molecule has 4 nitrogen and oxygen atoms in total. The van der Waals surface area contributed by atoms with Gasteiger partial charge in [0.1, 0.15) is 5.60 Å². The molecule has 1 aliphatic heterocycles. The highest BCUT2D eigenvalue weighted by molar-refractivity contribution is 5.69. The third-order valence-electron chi connectivity index (χ3n) is 3.87. The second kappa shape index (κ2) is 6.82. The number of hydrogen-bond donors (Lipinski definition) is 0. The molecule has 1 heterocycles. The number of carbonyl (C=O) groups is 1. The van der Waals surface area contributed by atoms with Crippen LogP contribution in [0, 0.1) is 5.92 Å². The van der Waals surface area contributed by atoms with Crippen molar-refractivity contribution in [2.24, 2.45) is 5.92 Å². The number of hydrogen-bond acceptors (Lipinski definition) is 3. The van der Waals surface area contributed by atoms with Gasteiger partial charge in [-0.1, -0.05) is 26.8 Å². The molecule has 1 aliphatic rings. The van der Waals surface area contributed by atoms with Crippen LogP contribution in [-0.2, 0) is 4.74 Å². The van der Waals surface area contributed by atoms with Crippen LogP contribution in [0.1, 0.15) is 48.0 Å². The maximum atomic E-state index is 12.6. The number of carbonyl (C=O) groups excluding carboxylic acids is 1. The summed E-state index contributed by atoms with van der Waals surface area (Å²) >= 11 is 0. The maximum Gasteiger partial charge on any atom is 0.410 e. The zero-order valence-electron chi connectivity index (χ0n) is 14.9. The van der Waals surface area contributed by atoms with Gasteiger partial charge in [0.15, 0.2) is 0 Å². The van der Waals surface area contributed by atoms with Crippen LogP contribution < -0.4 is 0 Å². The molecule has 0 N–H and O–H groups in total. The first kappa shape index (κ1) is 18.0. The molecule has 0 aliphatic carbocycles. The molecule has 0 fully saturated rings. The SMILES string of the molecule is CC[C@@H]1C(C(C)C)=C[C@@H](N(C)C)CN1C(=O)OC(C)(C)C. The first-order valence-corrected chi connectivity index (χ1v) is 7.94. The van der Waals surface area contributed by atoms with Crippen molar-refractivity contribution in [2.75, 3.05) is 20.6 Å². The van der Waals surface area contributed by atoms with Gasteiger partial charge in [0, 0.05) is 12.6 Å². The van der Waals surface area contributed by atoms with Crippen molar-refractivity contribution in [3.8, 4) is 0 Å². The van der Waals surface area contributed by atoms with Crippen LogP contribution >= 0.6 is 0 Å². The van der Waals surface area contributed by atoms with Gasteiger partial charge < -0.3 is 9.64 Å². The highest BCUT2D eigenvalue weighted by Crippen LogP contribution is 2.29. The number of likely N-dealkylation sites (N-methyl/N-ethyl adjacent to an activating group) is 1. The average Bonchev–Trinajstić information content (AvgIpc) is 2.34. The van der Waals surface area contributed by atoms with Crippen LogP contribution in [0.25, 0.3) is 0 Å². The van der Waals surface area contributed by atoms with Gasteiger partial charge in [-0.15, -0.1) is 0 Å². The van der Waals surface area contributed by atoms with E-state index in [0.29, 0.717) is 12.5 Å². The summed E-state index contributed by atoms with van der Waals surface area (Å²) in [6.45, 7) is 13.0. The van der Waals surface area contributed by atoms with Gasteiger partial charge in [0.25, 0.3) is 0 Å². The Morgan fingerprint density at radius 2 is 2.00 bits per heavy atom. The standard InChI is InChI=1S/C17H32N2O2/c1-9-15-14(12(2)3)10-13(18(7)8)11-19(15)16(20)21-17(4,5)6/h10,12-13,15H,9,11H2,1-8H3/t13-,15-/m1/s1. The molecular formula is C17H32N2O2. The molecule has 0 aromatic rings. The van der Waals surface area contributed by atoms with Crippen molar-refractivity contribution in [1.29, 1.82) is 0 Å². The summed E-state index contributed by atoms with van der Waals surface area (Å²) in [7, 11) is 4.11. The highest BCUT2D eigenvalue weighted by atomic mass is 16.6. The number of rotatable bonds is 3. The number of ether oxygens (including phenoxy) is 1. The maximum absolute atomic E-state index is 12.6. The predicted molar refractivity (Wildman–Crippen MR) is 87.4 cm³/mol. The summed E-state index contributed by atoms with van der Waals surface area (Å²) in [5.41, 5.74) is 0.885. The summed E-state index contributed by atoms with van der Waals surface area (Å²) in [5.74, 6) is 0.433. The first-order valence-electron chi connectivity index (χ1n) is 7.94. The molecule has 1 amide bonds. The summed E-state index contributed by atoms with van der Waals surface area (Å²) in [5, 5.41) is 0. The summed E-state index contributed by atoms with van der Waals surface area (Å²) < 4.78 is 5.61. The summed E-state index contributed by atoms with van der Waals surface area (Å²) in [6, 6.07) is 0.397. The van der Waals surface area contributed by atoms with E-state index in [2.05, 4.69) is 45.8 Å². The van der Waals surface area contributed by atoms with Gasteiger partial charge in [0.2, 0.25) is 0 Å². The topological polar surface area (TPSA) is 32.8 Å². The van der Waals surface area contributed by atoms with E-state index < -0.39 is 5.60 Å². The molecule has 0 saturated carbocycles. The van der Waals surface area contributed by atoms with E-state index in [1.54, 1.807) is 0 Å². The van der Waals surface area contributed by atoms with Gasteiger partial charge in [-0.05, 0) is 52.8 Å². The van der Waals surface area contributed by atoms with Crippen LogP contribution in [0.5, 0.6) is 0 Å². The van der Waals surface area contributed by atoms with Crippen LogP contribution in [0.15, 0.2) is 11.6 Å². The third-order valence-corrected chi connectivity index (χ3v) is 3.87. The Morgan fingerprint density at radius 1 is 1.43 bits per heavy atom. The Balaban J connectivity index is 3.07. The Bertz CT molecular complexity index is 394. The number of amides is 1. The Kier molecular flexibility index (Phi) is 5.85. The molecule has 4 heteroatoms. The molecule has 0 bridgehead atoms. The van der Waals surface area contributed by atoms with Crippen LogP contribution in [0.3, 0.4) is 0 Å². The molecule has 0 radical (unpaired) electrons. The molecular weight excluding hydrogens is 264 g/mol. The summed E-state index contributed by atoms with van der Waals surface area (Å²) in [6.07, 6.45) is 3.05. The monoisotopic (exact) mass is 296 g/mol. The van der Waals surface area contributed by atoms with Crippen molar-refractivity contribution in [3.63, 3.8) is 0 Å². The van der Waals surface area contributed by atoms with Crippen LogP contribution in [-0.4, -0.2) is 54.2 Å². The van der Waals surface area contributed by atoms with Crippen molar-refractivity contribution >= 4 is 6.09 Å². The zero-order chi connectivity index (χ0) is 16.4. The molecule has 0 unspecified atom stereocenters. The fourth-order valence-corrected chi connectivity index (χ4v) is 2.76.